The largest absolute Gasteiger partial charge is 0.481 e. The van der Waals surface area contributed by atoms with Crippen molar-refractivity contribution in [1.82, 2.24) is 15.0 Å². The van der Waals surface area contributed by atoms with Crippen LogP contribution in [0.1, 0.15) is 10.4 Å². The van der Waals surface area contributed by atoms with E-state index in [9.17, 15) is 4.79 Å². The van der Waals surface area contributed by atoms with Crippen molar-refractivity contribution < 1.29 is 19.0 Å². The van der Waals surface area contributed by atoms with Crippen LogP contribution in [0.25, 0.3) is 10.2 Å². The van der Waals surface area contributed by atoms with Crippen molar-refractivity contribution in [2.45, 2.75) is 0 Å². The van der Waals surface area contributed by atoms with Crippen LogP contribution in [-0.4, -0.2) is 35.1 Å². The highest BCUT2D eigenvalue weighted by molar-refractivity contribution is 7.22. The highest BCUT2D eigenvalue weighted by Crippen LogP contribution is 2.29. The van der Waals surface area contributed by atoms with Crippen molar-refractivity contribution in [3.05, 3.63) is 60.2 Å². The van der Waals surface area contributed by atoms with Crippen molar-refractivity contribution in [2.24, 2.45) is 0 Å². The summed E-state index contributed by atoms with van der Waals surface area (Å²) in [5.41, 5.74) is 1.14. The van der Waals surface area contributed by atoms with E-state index < -0.39 is 0 Å². The van der Waals surface area contributed by atoms with Crippen LogP contribution in [0.2, 0.25) is 0 Å². The van der Waals surface area contributed by atoms with Gasteiger partial charge in [-0.2, -0.15) is 9.97 Å². The lowest BCUT2D eigenvalue weighted by atomic mass is 10.2. The number of benzene rings is 2. The second-order valence-electron chi connectivity index (χ2n) is 5.77. The molecule has 1 amide bonds. The summed E-state index contributed by atoms with van der Waals surface area (Å²) in [6.07, 6.45) is 0. The molecule has 0 spiro atoms. The summed E-state index contributed by atoms with van der Waals surface area (Å²) in [5.74, 6) is 0.502. The van der Waals surface area contributed by atoms with Crippen LogP contribution >= 0.6 is 11.3 Å². The highest BCUT2D eigenvalue weighted by Gasteiger charge is 2.17. The van der Waals surface area contributed by atoms with E-state index in [1.165, 1.54) is 31.6 Å². The van der Waals surface area contributed by atoms with Gasteiger partial charge in [0.2, 0.25) is 11.8 Å². The zero-order chi connectivity index (χ0) is 20.2. The number of ether oxygens (including phenoxy) is 3. The normalized spacial score (nSPS) is 10.6. The van der Waals surface area contributed by atoms with Crippen LogP contribution < -0.4 is 19.5 Å². The smallest absolute Gasteiger partial charge is 0.328 e. The lowest BCUT2D eigenvalue weighted by Gasteiger charge is -2.10. The van der Waals surface area contributed by atoms with Gasteiger partial charge in [0.25, 0.3) is 5.91 Å². The van der Waals surface area contributed by atoms with Crippen molar-refractivity contribution >= 4 is 32.6 Å². The Morgan fingerprint density at radius 2 is 1.62 bits per heavy atom. The van der Waals surface area contributed by atoms with Crippen LogP contribution in [0.15, 0.2) is 54.6 Å². The summed E-state index contributed by atoms with van der Waals surface area (Å²) in [4.78, 5) is 25.5. The fraction of sp³-hybridized carbons (Fsp3) is 0.100. The molecule has 0 saturated heterocycles. The molecule has 8 nitrogen and oxygen atoms in total. The zero-order valence-corrected chi connectivity index (χ0v) is 16.4. The maximum atomic E-state index is 12.8. The Balaban J connectivity index is 1.60. The molecule has 0 unspecified atom stereocenters. The Kier molecular flexibility index (Phi) is 5.21. The molecule has 0 aliphatic rings. The van der Waals surface area contributed by atoms with Crippen LogP contribution in [0.5, 0.6) is 23.5 Å². The summed E-state index contributed by atoms with van der Waals surface area (Å²) in [7, 11) is 2.95. The molecule has 2 aromatic heterocycles. The fourth-order valence-corrected chi connectivity index (χ4v) is 3.43. The van der Waals surface area contributed by atoms with Gasteiger partial charge < -0.3 is 14.2 Å². The molecule has 0 radical (unpaired) electrons. The van der Waals surface area contributed by atoms with Crippen molar-refractivity contribution in [3.8, 4) is 23.5 Å². The third-order valence-corrected chi connectivity index (χ3v) is 4.88. The molecule has 0 aliphatic heterocycles. The van der Waals surface area contributed by atoms with E-state index in [1.807, 2.05) is 24.3 Å². The van der Waals surface area contributed by atoms with Gasteiger partial charge in [0, 0.05) is 0 Å². The lowest BCUT2D eigenvalue weighted by molar-refractivity contribution is 0.102. The van der Waals surface area contributed by atoms with Gasteiger partial charge in [0.1, 0.15) is 5.75 Å². The molecular weight excluding hydrogens is 392 g/mol. The van der Waals surface area contributed by atoms with Gasteiger partial charge in [-0.25, -0.2) is 4.98 Å². The van der Waals surface area contributed by atoms with Crippen molar-refractivity contribution in [3.63, 3.8) is 0 Å². The molecule has 4 rings (SSSR count). The second kappa shape index (κ2) is 8.11. The van der Waals surface area contributed by atoms with Crippen molar-refractivity contribution in [1.29, 1.82) is 0 Å². The minimum absolute atomic E-state index is 0.00133. The molecule has 0 aliphatic carbocycles. The van der Waals surface area contributed by atoms with Gasteiger partial charge in [-0.3, -0.25) is 10.1 Å². The topological polar surface area (TPSA) is 95.5 Å². The maximum Gasteiger partial charge on any atom is 0.328 e. The Labute approximate surface area is 170 Å². The monoisotopic (exact) mass is 408 g/mol. The number of hydrogen-bond acceptors (Lipinski definition) is 8. The van der Waals surface area contributed by atoms with Gasteiger partial charge in [-0.1, -0.05) is 35.6 Å². The molecule has 2 aromatic carbocycles. The summed E-state index contributed by atoms with van der Waals surface area (Å²) >= 11 is 1.40. The average molecular weight is 408 g/mol. The molecule has 0 fully saturated rings. The first-order chi connectivity index (χ1) is 14.2. The molecule has 0 saturated carbocycles. The number of anilines is 1. The van der Waals surface area contributed by atoms with Crippen LogP contribution in [-0.2, 0) is 0 Å². The molecule has 146 valence electrons. The summed E-state index contributed by atoms with van der Waals surface area (Å²) in [6.45, 7) is 0. The number of aromatic nitrogens is 3. The van der Waals surface area contributed by atoms with E-state index in [4.69, 9.17) is 14.2 Å². The van der Waals surface area contributed by atoms with Gasteiger partial charge in [0.15, 0.2) is 5.13 Å². The van der Waals surface area contributed by atoms with Gasteiger partial charge >= 0.3 is 6.01 Å². The number of rotatable bonds is 6. The standard InChI is InChI=1S/C20H16N4O4S/c1-26-16-11-17(27-2)23-19(22-16)28-14-9-5-3-7-12(14)18(25)24-20-21-13-8-4-6-10-15(13)29-20/h3-11H,1-2H3,(H,21,24,25). The molecule has 0 bridgehead atoms. The zero-order valence-electron chi connectivity index (χ0n) is 15.6. The Bertz CT molecular complexity index is 1120. The maximum absolute atomic E-state index is 12.8. The number of nitrogens with zero attached hydrogens (tertiary/aromatic N) is 3. The van der Waals surface area contributed by atoms with E-state index in [2.05, 4.69) is 20.3 Å². The number of amides is 1. The number of nitrogens with one attached hydrogen (secondary N) is 1. The molecule has 4 aromatic rings. The molecule has 2 heterocycles. The number of carbonyl (C=O) groups excluding carboxylic acids is 1. The first-order valence-electron chi connectivity index (χ1n) is 8.57. The Morgan fingerprint density at radius 1 is 0.931 bits per heavy atom. The SMILES string of the molecule is COc1cc(OC)nc(Oc2ccccc2C(=O)Nc2nc3ccccc3s2)n1. The molecule has 1 N–H and O–H groups in total. The number of hydrogen-bond donors (Lipinski definition) is 1. The molecule has 29 heavy (non-hydrogen) atoms. The first-order valence-corrected chi connectivity index (χ1v) is 9.39. The van der Waals surface area contributed by atoms with Crippen LogP contribution in [0, 0.1) is 0 Å². The predicted molar refractivity (Wildman–Crippen MR) is 109 cm³/mol. The number of para-hydroxylation sites is 2. The minimum atomic E-state index is -0.352. The van der Waals surface area contributed by atoms with E-state index in [0.29, 0.717) is 16.4 Å². The third kappa shape index (κ3) is 4.09. The minimum Gasteiger partial charge on any atom is -0.481 e. The second-order valence-corrected chi connectivity index (χ2v) is 6.80. The highest BCUT2D eigenvalue weighted by atomic mass is 32.1. The van der Waals surface area contributed by atoms with E-state index in [1.54, 1.807) is 24.3 Å². The number of fused-ring (bicyclic) bond motifs is 1. The van der Waals surface area contributed by atoms with Gasteiger partial charge in [0.05, 0.1) is 36.1 Å². The predicted octanol–water partition coefficient (Wildman–Crippen LogP) is 4.15. The molecule has 9 heteroatoms. The van der Waals surface area contributed by atoms with E-state index >= 15 is 0 Å². The number of methoxy groups -OCH3 is 2. The van der Waals surface area contributed by atoms with Gasteiger partial charge in [-0.05, 0) is 24.3 Å². The van der Waals surface area contributed by atoms with Crippen LogP contribution in [0.3, 0.4) is 0 Å². The van der Waals surface area contributed by atoms with E-state index in [0.717, 1.165) is 10.2 Å². The van der Waals surface area contributed by atoms with E-state index in [-0.39, 0.29) is 23.7 Å². The summed E-state index contributed by atoms with van der Waals surface area (Å²) in [5, 5.41) is 3.32. The fourth-order valence-electron chi connectivity index (χ4n) is 2.57. The Hall–Kier alpha value is -3.72. The van der Waals surface area contributed by atoms with Crippen molar-refractivity contribution in [2.75, 3.05) is 19.5 Å². The quantitative estimate of drug-likeness (QED) is 0.512. The number of carbonyl (C=O) groups is 1. The lowest BCUT2D eigenvalue weighted by Crippen LogP contribution is -2.13. The first kappa shape index (κ1) is 18.6. The third-order valence-electron chi connectivity index (χ3n) is 3.92. The molecule has 0 atom stereocenters. The Morgan fingerprint density at radius 3 is 2.34 bits per heavy atom. The average Bonchev–Trinajstić information content (AvgIpc) is 3.16. The molecular formula is C20H16N4O4S. The number of thiazole rings is 1. The summed E-state index contributed by atoms with van der Waals surface area (Å²) in [6, 6.07) is 16.0. The van der Waals surface area contributed by atoms with Crippen LogP contribution in [0.4, 0.5) is 5.13 Å². The summed E-state index contributed by atoms with van der Waals surface area (Å²) < 4.78 is 17.0. The van der Waals surface area contributed by atoms with Gasteiger partial charge in [-0.15, -0.1) is 0 Å².